The number of aliphatic carboxylic acids is 1. The van der Waals surface area contributed by atoms with E-state index in [0.717, 1.165) is 23.9 Å². The molecule has 1 fully saturated rings. The van der Waals surface area contributed by atoms with Crippen molar-refractivity contribution in [3.05, 3.63) is 68.6 Å². The Hall–Kier alpha value is -2.98. The van der Waals surface area contributed by atoms with Gasteiger partial charge >= 0.3 is 17.8 Å². The molecule has 0 radical (unpaired) electrons. The first-order valence-electron chi connectivity index (χ1n) is 9.72. The Morgan fingerprint density at radius 3 is 2.09 bits per heavy atom. The zero-order chi connectivity index (χ0) is 24.3. The minimum absolute atomic E-state index is 0.00169. The van der Waals surface area contributed by atoms with E-state index >= 15 is 0 Å². The highest BCUT2D eigenvalue weighted by Crippen LogP contribution is 2.27. The van der Waals surface area contributed by atoms with Crippen molar-refractivity contribution in [3.63, 3.8) is 0 Å². The largest absolute Gasteiger partial charge is 0.490 e. The number of imidazole rings is 1. The number of H-pyrrole nitrogens is 1. The molecule has 1 aliphatic heterocycles. The van der Waals surface area contributed by atoms with Crippen molar-refractivity contribution in [2.24, 2.45) is 0 Å². The second-order valence-corrected chi connectivity index (χ2v) is 8.17. The van der Waals surface area contributed by atoms with Crippen molar-refractivity contribution in [1.82, 2.24) is 14.5 Å². The molecule has 0 unspecified atom stereocenters. The van der Waals surface area contributed by atoms with Crippen LogP contribution in [0.4, 0.5) is 13.2 Å². The second kappa shape index (κ2) is 9.88. The number of nitrogens with one attached hydrogen (secondary N) is 1. The summed E-state index contributed by atoms with van der Waals surface area (Å²) in [5, 5.41) is 8.33. The molecule has 1 aromatic heterocycles. The zero-order valence-corrected chi connectivity index (χ0v) is 18.4. The molecule has 2 heterocycles. The summed E-state index contributed by atoms with van der Waals surface area (Å²) in [6.45, 7) is 1.22. The third-order valence-corrected chi connectivity index (χ3v) is 5.62. The minimum Gasteiger partial charge on any atom is -0.475 e. The van der Waals surface area contributed by atoms with E-state index in [1.165, 1.54) is 0 Å². The lowest BCUT2D eigenvalue weighted by molar-refractivity contribution is -0.192. The molecule has 1 amide bonds. The minimum atomic E-state index is -5.08. The molecular formula is C21H18Cl2F3N3O4. The van der Waals surface area contributed by atoms with E-state index in [-0.39, 0.29) is 17.6 Å². The summed E-state index contributed by atoms with van der Waals surface area (Å²) in [6.07, 6.45) is -3.62. The maximum Gasteiger partial charge on any atom is 0.490 e. The van der Waals surface area contributed by atoms with Gasteiger partial charge in [-0.05, 0) is 55.3 Å². The molecular weight excluding hydrogens is 486 g/mol. The smallest absolute Gasteiger partial charge is 0.475 e. The van der Waals surface area contributed by atoms with Crippen LogP contribution in [0.25, 0.3) is 11.0 Å². The van der Waals surface area contributed by atoms with Crippen LogP contribution in [0.2, 0.25) is 10.0 Å². The number of carbonyl (C=O) groups is 2. The number of piperidine rings is 1. The Labute approximate surface area is 195 Å². The van der Waals surface area contributed by atoms with Crippen LogP contribution in [0.3, 0.4) is 0 Å². The van der Waals surface area contributed by atoms with Crippen LogP contribution in [0.1, 0.15) is 29.2 Å². The highest BCUT2D eigenvalue weighted by molar-refractivity contribution is 6.31. The van der Waals surface area contributed by atoms with Gasteiger partial charge in [0.05, 0.1) is 11.0 Å². The fourth-order valence-corrected chi connectivity index (χ4v) is 3.87. The number of hydrogen-bond donors (Lipinski definition) is 2. The topological polar surface area (TPSA) is 95.4 Å². The van der Waals surface area contributed by atoms with Crippen LogP contribution < -0.4 is 5.69 Å². The Morgan fingerprint density at radius 1 is 1.00 bits per heavy atom. The third kappa shape index (κ3) is 5.88. The molecule has 0 aliphatic carbocycles. The summed E-state index contributed by atoms with van der Waals surface area (Å²) >= 11 is 11.9. The number of rotatable bonds is 2. The highest BCUT2D eigenvalue weighted by Gasteiger charge is 2.38. The summed E-state index contributed by atoms with van der Waals surface area (Å²) in [4.78, 5) is 38.6. The predicted molar refractivity (Wildman–Crippen MR) is 117 cm³/mol. The normalized spacial score (nSPS) is 14.6. The van der Waals surface area contributed by atoms with Gasteiger partial charge in [-0.15, -0.1) is 0 Å². The zero-order valence-electron chi connectivity index (χ0n) is 16.9. The molecule has 12 heteroatoms. The number of fused-ring (bicyclic) bond motifs is 1. The number of aromatic amines is 1. The number of likely N-dealkylation sites (tertiary alicyclic amines) is 1. The van der Waals surface area contributed by atoms with Crippen LogP contribution in [0.5, 0.6) is 0 Å². The lowest BCUT2D eigenvalue weighted by atomic mass is 10.0. The van der Waals surface area contributed by atoms with Crippen LogP contribution in [0.15, 0.2) is 47.3 Å². The number of carboxylic acids is 1. The number of benzene rings is 2. The molecule has 1 aliphatic rings. The molecule has 176 valence electrons. The first kappa shape index (κ1) is 24.7. The molecule has 7 nitrogen and oxygen atoms in total. The lowest BCUT2D eigenvalue weighted by Gasteiger charge is -2.32. The van der Waals surface area contributed by atoms with E-state index in [2.05, 4.69) is 4.98 Å². The molecule has 1 saturated heterocycles. The number of hydrogen-bond acceptors (Lipinski definition) is 3. The number of carboxylic acid groups (broad SMARTS) is 1. The maximum atomic E-state index is 12.6. The SMILES string of the molecule is O=C(O)C(F)(F)F.O=C(c1ccc(Cl)cc1)N1CCC(n2c(=O)[nH]c3cc(Cl)ccc32)CC1. The van der Waals surface area contributed by atoms with Crippen molar-refractivity contribution in [1.29, 1.82) is 0 Å². The quantitative estimate of drug-likeness (QED) is 0.527. The van der Waals surface area contributed by atoms with E-state index in [4.69, 9.17) is 33.1 Å². The van der Waals surface area contributed by atoms with Gasteiger partial charge in [-0.2, -0.15) is 13.2 Å². The summed E-state index contributed by atoms with van der Waals surface area (Å²) in [7, 11) is 0. The van der Waals surface area contributed by atoms with Gasteiger partial charge in [-0.1, -0.05) is 23.2 Å². The number of amides is 1. The molecule has 0 saturated carbocycles. The van der Waals surface area contributed by atoms with Crippen molar-refractivity contribution in [2.45, 2.75) is 25.1 Å². The molecule has 0 bridgehead atoms. The molecule has 4 rings (SSSR count). The van der Waals surface area contributed by atoms with Crippen molar-refractivity contribution in [2.75, 3.05) is 13.1 Å². The number of halogens is 5. The van der Waals surface area contributed by atoms with Gasteiger partial charge in [-0.3, -0.25) is 9.36 Å². The maximum absolute atomic E-state index is 12.6. The van der Waals surface area contributed by atoms with Crippen molar-refractivity contribution >= 4 is 46.1 Å². The fourth-order valence-electron chi connectivity index (χ4n) is 3.57. The Kier molecular flexibility index (Phi) is 7.38. The highest BCUT2D eigenvalue weighted by atomic mass is 35.5. The van der Waals surface area contributed by atoms with Gasteiger partial charge in [-0.25, -0.2) is 9.59 Å². The van der Waals surface area contributed by atoms with Gasteiger partial charge in [0.2, 0.25) is 0 Å². The van der Waals surface area contributed by atoms with Crippen molar-refractivity contribution in [3.8, 4) is 0 Å². The van der Waals surface area contributed by atoms with Gasteiger partial charge in [0.25, 0.3) is 5.91 Å². The summed E-state index contributed by atoms with van der Waals surface area (Å²) in [6, 6.07) is 12.4. The third-order valence-electron chi connectivity index (χ3n) is 5.13. The number of nitrogens with zero attached hydrogens (tertiary/aromatic N) is 2. The summed E-state index contributed by atoms with van der Waals surface area (Å²) in [5.41, 5.74) is 2.08. The fraction of sp³-hybridized carbons (Fsp3) is 0.286. The molecule has 33 heavy (non-hydrogen) atoms. The van der Waals surface area contributed by atoms with Crippen LogP contribution in [-0.2, 0) is 4.79 Å². The van der Waals surface area contributed by atoms with Crippen LogP contribution in [-0.4, -0.2) is 50.7 Å². The van der Waals surface area contributed by atoms with Crippen LogP contribution in [0, 0.1) is 0 Å². The van der Waals surface area contributed by atoms with Gasteiger partial charge in [0.15, 0.2) is 0 Å². The van der Waals surface area contributed by atoms with Gasteiger partial charge in [0.1, 0.15) is 0 Å². The number of alkyl halides is 3. The number of carbonyl (C=O) groups excluding carboxylic acids is 1. The standard InChI is InChI=1S/C19H17Cl2N3O2.C2HF3O2/c20-13-3-1-12(2-4-13)18(25)23-9-7-15(8-10-23)24-17-6-5-14(21)11-16(17)22-19(24)26;3-2(4,5)1(6)7/h1-6,11,15H,7-10H2,(H,22,26);(H,6,7). The average molecular weight is 504 g/mol. The van der Waals surface area contributed by atoms with E-state index in [1.54, 1.807) is 41.0 Å². The average Bonchev–Trinajstić information content (AvgIpc) is 3.08. The first-order valence-corrected chi connectivity index (χ1v) is 10.5. The predicted octanol–water partition coefficient (Wildman–Crippen LogP) is 4.75. The van der Waals surface area contributed by atoms with E-state index in [1.807, 2.05) is 11.0 Å². The first-order chi connectivity index (χ1) is 15.5. The van der Waals surface area contributed by atoms with Gasteiger partial charge in [0, 0.05) is 34.7 Å². The molecule has 2 N–H and O–H groups in total. The molecule has 3 aromatic rings. The molecule has 2 aromatic carbocycles. The Bertz CT molecular complexity index is 1210. The van der Waals surface area contributed by atoms with Gasteiger partial charge < -0.3 is 15.0 Å². The summed E-state index contributed by atoms with van der Waals surface area (Å²) < 4.78 is 33.5. The summed E-state index contributed by atoms with van der Waals surface area (Å²) in [5.74, 6) is -2.76. The van der Waals surface area contributed by atoms with E-state index in [9.17, 15) is 22.8 Å². The van der Waals surface area contributed by atoms with E-state index in [0.29, 0.717) is 28.7 Å². The van der Waals surface area contributed by atoms with Crippen molar-refractivity contribution < 1.29 is 27.9 Å². The lowest BCUT2D eigenvalue weighted by Crippen LogP contribution is -2.40. The molecule has 0 spiro atoms. The Balaban J connectivity index is 0.000000383. The monoisotopic (exact) mass is 503 g/mol. The second-order valence-electron chi connectivity index (χ2n) is 7.29. The Morgan fingerprint density at radius 2 is 1.55 bits per heavy atom. The molecule has 0 atom stereocenters. The number of aromatic nitrogens is 2. The van der Waals surface area contributed by atoms with Crippen LogP contribution >= 0.6 is 23.2 Å². The van der Waals surface area contributed by atoms with E-state index < -0.39 is 12.1 Å².